The SMILES string of the molecule is Cl.Cl.O=C(NC1CCNCC1)c1ccc2ncccc2c1. The van der Waals surface area contributed by atoms with E-state index in [2.05, 4.69) is 15.6 Å². The van der Waals surface area contributed by atoms with Crippen LogP contribution in [0.4, 0.5) is 0 Å². The van der Waals surface area contributed by atoms with Crippen molar-refractivity contribution in [1.82, 2.24) is 15.6 Å². The third-order valence-corrected chi connectivity index (χ3v) is 3.54. The van der Waals surface area contributed by atoms with E-state index in [0.29, 0.717) is 11.6 Å². The van der Waals surface area contributed by atoms with Crippen molar-refractivity contribution >= 4 is 41.6 Å². The first-order chi connectivity index (χ1) is 9.33. The number of fused-ring (bicyclic) bond motifs is 1. The maximum atomic E-state index is 12.2. The van der Waals surface area contributed by atoms with Gasteiger partial charge in [0.15, 0.2) is 0 Å². The van der Waals surface area contributed by atoms with Gasteiger partial charge in [0.25, 0.3) is 5.91 Å². The molecule has 0 spiro atoms. The zero-order chi connectivity index (χ0) is 13.1. The van der Waals surface area contributed by atoms with Gasteiger partial charge in [0.1, 0.15) is 0 Å². The fraction of sp³-hybridized carbons (Fsp3) is 0.333. The van der Waals surface area contributed by atoms with Crippen molar-refractivity contribution in [3.63, 3.8) is 0 Å². The normalized spacial score (nSPS) is 14.9. The summed E-state index contributed by atoms with van der Waals surface area (Å²) in [6, 6.07) is 9.79. The molecule has 2 aromatic rings. The fourth-order valence-electron chi connectivity index (χ4n) is 2.45. The summed E-state index contributed by atoms with van der Waals surface area (Å²) in [5.41, 5.74) is 1.62. The molecule has 0 unspecified atom stereocenters. The summed E-state index contributed by atoms with van der Waals surface area (Å²) in [6.07, 6.45) is 3.76. The summed E-state index contributed by atoms with van der Waals surface area (Å²) < 4.78 is 0. The molecule has 4 nitrogen and oxygen atoms in total. The molecule has 0 bridgehead atoms. The summed E-state index contributed by atoms with van der Waals surface area (Å²) >= 11 is 0. The van der Waals surface area contributed by atoms with Gasteiger partial charge in [0.05, 0.1) is 5.52 Å². The minimum atomic E-state index is 0. The van der Waals surface area contributed by atoms with Crippen LogP contribution in [-0.2, 0) is 0 Å². The second-order valence-corrected chi connectivity index (χ2v) is 4.91. The third-order valence-electron chi connectivity index (χ3n) is 3.54. The summed E-state index contributed by atoms with van der Waals surface area (Å²) in [6.45, 7) is 1.96. The molecule has 114 valence electrons. The molecule has 21 heavy (non-hydrogen) atoms. The lowest BCUT2D eigenvalue weighted by Gasteiger charge is -2.23. The number of piperidine rings is 1. The van der Waals surface area contributed by atoms with Crippen LogP contribution < -0.4 is 10.6 Å². The predicted octanol–water partition coefficient (Wildman–Crippen LogP) is 2.56. The van der Waals surface area contributed by atoms with Gasteiger partial charge in [-0.25, -0.2) is 0 Å². The standard InChI is InChI=1S/C15H17N3O.2ClH/c19-15(18-13-5-8-16-9-6-13)12-3-4-14-11(10-12)2-1-7-17-14;;/h1-4,7,10,13,16H,5-6,8-9H2,(H,18,19);2*1H. The minimum absolute atomic E-state index is 0. The molecule has 0 radical (unpaired) electrons. The Morgan fingerprint density at radius 1 is 1.19 bits per heavy atom. The van der Waals surface area contributed by atoms with Crippen LogP contribution in [0.1, 0.15) is 23.2 Å². The zero-order valence-electron chi connectivity index (χ0n) is 11.5. The van der Waals surface area contributed by atoms with Gasteiger partial charge in [0, 0.05) is 23.2 Å². The van der Waals surface area contributed by atoms with Crippen LogP contribution in [0.2, 0.25) is 0 Å². The Bertz CT molecular complexity index is 600. The van der Waals surface area contributed by atoms with Gasteiger partial charge >= 0.3 is 0 Å². The van der Waals surface area contributed by atoms with Crippen molar-refractivity contribution in [2.45, 2.75) is 18.9 Å². The van der Waals surface area contributed by atoms with E-state index in [0.717, 1.165) is 36.8 Å². The van der Waals surface area contributed by atoms with Crippen LogP contribution in [0, 0.1) is 0 Å². The predicted molar refractivity (Wildman–Crippen MR) is 89.6 cm³/mol. The number of hydrogen-bond acceptors (Lipinski definition) is 3. The average Bonchev–Trinajstić information content (AvgIpc) is 2.48. The molecular formula is C15H19Cl2N3O. The number of nitrogens with zero attached hydrogens (tertiary/aromatic N) is 1. The van der Waals surface area contributed by atoms with Gasteiger partial charge < -0.3 is 10.6 Å². The molecule has 0 atom stereocenters. The Kier molecular flexibility index (Phi) is 6.89. The van der Waals surface area contributed by atoms with E-state index < -0.39 is 0 Å². The Labute approximate surface area is 136 Å². The lowest BCUT2D eigenvalue weighted by molar-refractivity contribution is 0.0929. The Morgan fingerprint density at radius 2 is 1.95 bits per heavy atom. The smallest absolute Gasteiger partial charge is 0.251 e. The number of halogens is 2. The lowest BCUT2D eigenvalue weighted by Crippen LogP contribution is -2.42. The van der Waals surface area contributed by atoms with E-state index in [4.69, 9.17) is 0 Å². The molecule has 1 aromatic carbocycles. The number of aromatic nitrogens is 1. The van der Waals surface area contributed by atoms with Crippen LogP contribution in [0.15, 0.2) is 36.5 Å². The van der Waals surface area contributed by atoms with E-state index in [-0.39, 0.29) is 30.7 Å². The first kappa shape index (κ1) is 17.7. The van der Waals surface area contributed by atoms with Crippen molar-refractivity contribution in [2.75, 3.05) is 13.1 Å². The molecule has 2 heterocycles. The van der Waals surface area contributed by atoms with Gasteiger partial charge in [-0.05, 0) is 50.2 Å². The van der Waals surface area contributed by atoms with E-state index in [1.807, 2.05) is 30.3 Å². The highest BCUT2D eigenvalue weighted by Crippen LogP contribution is 2.14. The molecule has 1 saturated heterocycles. The van der Waals surface area contributed by atoms with E-state index in [9.17, 15) is 4.79 Å². The van der Waals surface area contributed by atoms with Gasteiger partial charge in [-0.2, -0.15) is 0 Å². The molecule has 2 N–H and O–H groups in total. The van der Waals surface area contributed by atoms with E-state index >= 15 is 0 Å². The first-order valence-corrected chi connectivity index (χ1v) is 6.69. The number of carbonyl (C=O) groups excluding carboxylic acids is 1. The van der Waals surface area contributed by atoms with Gasteiger partial charge in [-0.1, -0.05) is 6.07 Å². The molecule has 1 aromatic heterocycles. The second-order valence-electron chi connectivity index (χ2n) is 4.91. The summed E-state index contributed by atoms with van der Waals surface area (Å²) in [7, 11) is 0. The van der Waals surface area contributed by atoms with E-state index in [1.165, 1.54) is 0 Å². The van der Waals surface area contributed by atoms with Crippen LogP contribution in [0.5, 0.6) is 0 Å². The molecule has 1 aliphatic heterocycles. The number of benzene rings is 1. The van der Waals surface area contributed by atoms with Crippen molar-refractivity contribution in [2.24, 2.45) is 0 Å². The molecule has 6 heteroatoms. The van der Waals surface area contributed by atoms with Crippen LogP contribution in [0.3, 0.4) is 0 Å². The number of nitrogens with one attached hydrogen (secondary N) is 2. The molecule has 3 rings (SSSR count). The summed E-state index contributed by atoms with van der Waals surface area (Å²) in [5, 5.41) is 7.39. The largest absolute Gasteiger partial charge is 0.349 e. The number of amides is 1. The molecule has 1 amide bonds. The number of rotatable bonds is 2. The topological polar surface area (TPSA) is 54.0 Å². The molecule has 1 aliphatic rings. The first-order valence-electron chi connectivity index (χ1n) is 6.69. The van der Waals surface area contributed by atoms with Gasteiger partial charge in [0.2, 0.25) is 0 Å². The van der Waals surface area contributed by atoms with Crippen molar-refractivity contribution in [3.05, 3.63) is 42.1 Å². The van der Waals surface area contributed by atoms with Crippen molar-refractivity contribution in [3.8, 4) is 0 Å². The molecular weight excluding hydrogens is 309 g/mol. The Hall–Kier alpha value is -1.36. The molecule has 0 saturated carbocycles. The highest BCUT2D eigenvalue weighted by molar-refractivity contribution is 5.98. The van der Waals surface area contributed by atoms with Crippen LogP contribution in [0.25, 0.3) is 10.9 Å². The van der Waals surface area contributed by atoms with E-state index in [1.54, 1.807) is 6.20 Å². The Balaban J connectivity index is 0.00000110. The van der Waals surface area contributed by atoms with Crippen molar-refractivity contribution in [1.29, 1.82) is 0 Å². The maximum Gasteiger partial charge on any atom is 0.251 e. The average molecular weight is 328 g/mol. The van der Waals surface area contributed by atoms with Crippen LogP contribution in [-0.4, -0.2) is 30.0 Å². The van der Waals surface area contributed by atoms with Gasteiger partial charge in [-0.3, -0.25) is 9.78 Å². The number of carbonyl (C=O) groups is 1. The number of hydrogen-bond donors (Lipinski definition) is 2. The Morgan fingerprint density at radius 3 is 2.71 bits per heavy atom. The quantitative estimate of drug-likeness (QED) is 0.891. The maximum absolute atomic E-state index is 12.2. The fourth-order valence-corrected chi connectivity index (χ4v) is 2.45. The molecule has 0 aliphatic carbocycles. The van der Waals surface area contributed by atoms with Gasteiger partial charge in [-0.15, -0.1) is 24.8 Å². The summed E-state index contributed by atoms with van der Waals surface area (Å²) in [5.74, 6) is 0.0117. The number of pyridine rings is 1. The monoisotopic (exact) mass is 327 g/mol. The highest BCUT2D eigenvalue weighted by Gasteiger charge is 2.16. The molecule has 1 fully saturated rings. The lowest BCUT2D eigenvalue weighted by atomic mass is 10.1. The minimum Gasteiger partial charge on any atom is -0.349 e. The second kappa shape index (κ2) is 8.17. The summed E-state index contributed by atoms with van der Waals surface area (Å²) in [4.78, 5) is 16.5. The third kappa shape index (κ3) is 4.30. The zero-order valence-corrected chi connectivity index (χ0v) is 13.2. The van der Waals surface area contributed by atoms with Crippen molar-refractivity contribution < 1.29 is 4.79 Å². The van der Waals surface area contributed by atoms with Crippen LogP contribution >= 0.6 is 24.8 Å². The highest BCUT2D eigenvalue weighted by atomic mass is 35.5.